The molecule has 9 amide bonds. The molecule has 0 bridgehead atoms. The van der Waals surface area contributed by atoms with Gasteiger partial charge in [0.1, 0.15) is 34.9 Å². The third-order valence-corrected chi connectivity index (χ3v) is 23.4. The summed E-state index contributed by atoms with van der Waals surface area (Å²) in [6.07, 6.45) is 6.71. The minimum atomic E-state index is -1.27. The zero-order valence-electron chi connectivity index (χ0n) is 85.7. The summed E-state index contributed by atoms with van der Waals surface area (Å²) in [7, 11) is 0. The van der Waals surface area contributed by atoms with Crippen molar-refractivity contribution in [1.82, 2.24) is 62.0 Å². The van der Waals surface area contributed by atoms with Crippen molar-refractivity contribution in [2.45, 2.75) is 217 Å². The molecule has 0 radical (unpaired) electrons. The second kappa shape index (κ2) is 62.7. The number of unbranched alkanes of at least 4 members (excludes halogenated alkanes) is 1. The first-order valence-corrected chi connectivity index (χ1v) is 50.0. The van der Waals surface area contributed by atoms with Gasteiger partial charge in [-0.1, -0.05) is 191 Å². The van der Waals surface area contributed by atoms with Crippen LogP contribution in [-0.2, 0) is 52.9 Å². The van der Waals surface area contributed by atoms with Crippen LogP contribution in [0.2, 0.25) is 0 Å². The van der Waals surface area contributed by atoms with Crippen LogP contribution >= 0.6 is 0 Å². The third kappa shape index (κ3) is 40.6. The van der Waals surface area contributed by atoms with Gasteiger partial charge in [0.2, 0.25) is 17.7 Å². The lowest BCUT2D eigenvalue weighted by Gasteiger charge is -2.31. The number of hydrogen-bond acceptors (Lipinski definition) is 13. The van der Waals surface area contributed by atoms with Crippen molar-refractivity contribution in [1.29, 1.82) is 0 Å². The van der Waals surface area contributed by atoms with Crippen molar-refractivity contribution in [3.05, 3.63) is 319 Å². The van der Waals surface area contributed by atoms with Gasteiger partial charge in [-0.15, -0.1) is 17.8 Å². The molecule has 0 heterocycles. The fourth-order valence-corrected chi connectivity index (χ4v) is 16.7. The van der Waals surface area contributed by atoms with E-state index in [0.29, 0.717) is 116 Å². The van der Waals surface area contributed by atoms with E-state index in [-0.39, 0.29) is 115 Å². The molecule has 0 saturated heterocycles. The van der Waals surface area contributed by atoms with E-state index in [4.69, 9.17) is 0 Å². The number of hydrogen-bond donors (Lipinski definition) is 7. The largest absolute Gasteiger partial charge is 0.390 e. The summed E-state index contributed by atoms with van der Waals surface area (Å²) in [4.78, 5) is 126. The van der Waals surface area contributed by atoms with Crippen LogP contribution in [-0.4, -0.2) is 191 Å². The number of rotatable bonds is 51. The molecule has 6 unspecified atom stereocenters. The van der Waals surface area contributed by atoms with Gasteiger partial charge in [-0.3, -0.25) is 59.4 Å². The van der Waals surface area contributed by atoms with Gasteiger partial charge in [0.25, 0.3) is 35.4 Å². The highest BCUT2D eigenvalue weighted by Crippen LogP contribution is 2.25. The van der Waals surface area contributed by atoms with E-state index >= 15 is 0 Å². The zero-order valence-corrected chi connectivity index (χ0v) is 85.7. The van der Waals surface area contributed by atoms with Crippen LogP contribution in [0.3, 0.4) is 0 Å². The Morgan fingerprint density at radius 1 is 0.306 bits per heavy atom. The van der Waals surface area contributed by atoms with E-state index in [1.807, 2.05) is 163 Å². The molecule has 7 N–H and O–H groups in total. The van der Waals surface area contributed by atoms with Crippen LogP contribution in [0.15, 0.2) is 200 Å². The fraction of sp³-hybridized carbons (Fsp3) is 0.405. The van der Waals surface area contributed by atoms with Gasteiger partial charge in [-0.2, -0.15) is 0 Å². The molecule has 0 fully saturated rings. The Hall–Kier alpha value is -13.7. The molecule has 0 saturated carbocycles. The number of halogens is 6. The van der Waals surface area contributed by atoms with Gasteiger partial charge >= 0.3 is 0 Å². The number of likely N-dealkylation sites (N-methyl/N-ethyl adjacent to an activating group) is 1. The maximum atomic E-state index is 14.3. The highest BCUT2D eigenvalue weighted by molar-refractivity contribution is 6.03. The Kier molecular flexibility index (Phi) is 51.0. The molecule has 9 aromatic rings. The quantitative estimate of drug-likeness (QED) is 0.0106. The van der Waals surface area contributed by atoms with Gasteiger partial charge in [-0.05, 0) is 228 Å². The maximum Gasteiger partial charge on any atom is 0.253 e. The van der Waals surface area contributed by atoms with Crippen molar-refractivity contribution in [3.8, 4) is 35.5 Å². The van der Waals surface area contributed by atoms with Crippen LogP contribution in [0.25, 0.3) is 0 Å². The van der Waals surface area contributed by atoms with E-state index in [1.54, 1.807) is 90.9 Å². The lowest BCUT2D eigenvalue weighted by atomic mass is 9.93. The van der Waals surface area contributed by atoms with Crippen molar-refractivity contribution in [3.63, 3.8) is 0 Å². The molecule has 0 aliphatic heterocycles. The summed E-state index contributed by atoms with van der Waals surface area (Å²) < 4.78 is 85.2. The first-order valence-electron chi connectivity index (χ1n) is 50.0. The number of amides is 9. The predicted octanol–water partition coefficient (Wildman–Crippen LogP) is 18.4. The molecule has 28 heteroatoms. The Bertz CT molecular complexity index is 5800. The number of benzene rings is 9. The zero-order chi connectivity index (χ0) is 105. The average Bonchev–Trinajstić information content (AvgIpc) is 0.835. The van der Waals surface area contributed by atoms with Crippen molar-refractivity contribution in [2.75, 3.05) is 78.5 Å². The monoisotopic (exact) mass is 1980 g/mol. The minimum Gasteiger partial charge on any atom is -0.390 e. The molecule has 9 rings (SSSR count). The van der Waals surface area contributed by atoms with Gasteiger partial charge in [0, 0.05) is 159 Å². The average molecular weight is 1980 g/mol. The summed E-state index contributed by atoms with van der Waals surface area (Å²) >= 11 is 0. The molecular formula is C116H142F6N12O10. The van der Waals surface area contributed by atoms with Crippen LogP contribution in [0.4, 0.5) is 26.3 Å². The Balaban J connectivity index is 0.000000293. The van der Waals surface area contributed by atoms with E-state index in [9.17, 15) is 74.6 Å². The molecule has 6 atom stereocenters. The predicted molar refractivity (Wildman–Crippen MR) is 555 cm³/mol. The Labute approximate surface area is 847 Å². The molecule has 768 valence electrons. The number of aliphatic hydroxyl groups excluding tert-OH is 1. The molecule has 0 aromatic heterocycles. The van der Waals surface area contributed by atoms with Crippen molar-refractivity contribution in [2.24, 2.45) is 11.8 Å². The van der Waals surface area contributed by atoms with Gasteiger partial charge in [-0.25, -0.2) is 41.4 Å². The van der Waals surface area contributed by atoms with Gasteiger partial charge in [0.15, 0.2) is 0 Å². The highest BCUT2D eigenvalue weighted by atomic mass is 19.2. The first kappa shape index (κ1) is 117. The van der Waals surface area contributed by atoms with Crippen molar-refractivity contribution >= 4 is 53.2 Å². The third-order valence-electron chi connectivity index (χ3n) is 23.4. The summed E-state index contributed by atoms with van der Waals surface area (Å²) in [6, 6.07) is 50.1. The lowest BCUT2D eigenvalue weighted by molar-refractivity contribution is -0.126. The summed E-state index contributed by atoms with van der Waals surface area (Å²) in [5.41, 5.74) is 15.7. The second-order valence-corrected chi connectivity index (χ2v) is 36.0. The molecule has 0 aliphatic carbocycles. The maximum absolute atomic E-state index is 14.3. The Morgan fingerprint density at radius 2 is 0.569 bits per heavy atom. The smallest absolute Gasteiger partial charge is 0.253 e. The van der Waals surface area contributed by atoms with Gasteiger partial charge in [0.05, 0.1) is 31.4 Å². The molecule has 0 spiro atoms. The first-order chi connectivity index (χ1) is 69.2. The SMILES string of the molecule is CC#Cc1cc(C(=O)NC(Cc2cc(F)cc(F)c2)C(C)CN(CCC)NC(=O)Cc2ccccc2)cc(C(=O)N(CCC)CCC)c1.CC#Cc1cc(C(=O)NC(Cc2cc(F)cc(F)c2)C(C)CN(CCCC)NC(=O)Cc2ccccc2)cc(C(=O)N(CCC)CCC)c1.CC#Cc1cc(C(=O)NC(Cc2cc(F)cc(F)c2)C(O)CN(CC)NC(=O)Cc2ccccc2)cc(C(=O)N(CCC)CCC)c1. The standard InChI is InChI=1S/C40H50F2N4O3.C39H48F2N4O3.C37H44F2N4O4/c1-6-10-19-46(44-38(47)25-30-15-12-11-13-16-30)28-29(5)37(24-32-22-35(41)27-36(42)23-32)43-39(48)33-20-31(14-7-2)21-34(26-33)40(49)45(17-8-3)18-9-4;1-6-13-30-19-32(25-33(20-30)39(48)44(16-7-2)17-8-3)38(47)42-36(23-31-21-34(40)26-35(41)22-31)28(5)27-45(18-9-4)43-37(46)24-29-14-11-10-12-15-29;1-5-12-27-17-29(23-30(18-27)37(47)42(15-6-2)16-7-3)36(46)40-33(21-28-19-31(38)24-32(39)20-28)34(44)25-43(8-4)41-35(45)22-26-13-10-9-11-14-26/h11-13,15-16,20-23,26-27,29,37H,6,8-10,17-19,24-25,28H2,1-5H3,(H,43,48)(H,44,47);10-12,14-15,19-22,25-26,28,36H,7-9,16-18,23-24,27H2,1-5H3,(H,42,47)(H,43,46);9-11,13-14,17-20,23-24,33-34,44H,6-8,15-16,21-22,25H2,1-4H3,(H,40,46)(H,41,45). The van der Waals surface area contributed by atoms with Crippen molar-refractivity contribution < 1.29 is 74.6 Å². The van der Waals surface area contributed by atoms with Crippen LogP contribution < -0.4 is 32.2 Å². The topological polar surface area (TPSA) is 265 Å². The fourth-order valence-electron chi connectivity index (χ4n) is 16.7. The second-order valence-electron chi connectivity index (χ2n) is 36.0. The van der Waals surface area contributed by atoms with Crippen LogP contribution in [0.5, 0.6) is 0 Å². The number of nitrogens with zero attached hydrogens (tertiary/aromatic N) is 6. The highest BCUT2D eigenvalue weighted by Gasteiger charge is 2.32. The summed E-state index contributed by atoms with van der Waals surface area (Å²) in [5.74, 6) is 9.76. The molecule has 0 aliphatic rings. The molecule has 22 nitrogen and oxygen atoms in total. The summed E-state index contributed by atoms with van der Waals surface area (Å²) in [6.45, 7) is 32.4. The number of carbonyl (C=O) groups is 9. The number of carbonyl (C=O) groups excluding carboxylic acids is 9. The van der Waals surface area contributed by atoms with E-state index in [2.05, 4.69) is 74.7 Å². The van der Waals surface area contributed by atoms with E-state index in [1.165, 1.54) is 35.3 Å². The number of aliphatic hydroxyl groups is 1. The molecular weight excluding hydrogens is 1840 g/mol. The number of hydrazine groups is 3. The Morgan fingerprint density at radius 3 is 0.840 bits per heavy atom. The molecule has 144 heavy (non-hydrogen) atoms. The summed E-state index contributed by atoms with van der Waals surface area (Å²) in [5, 5.41) is 25.6. The van der Waals surface area contributed by atoms with Crippen LogP contribution in [0, 0.1) is 82.3 Å². The van der Waals surface area contributed by atoms with Gasteiger partial charge < -0.3 is 35.8 Å². The number of nitrogens with one attached hydrogen (secondary N) is 6. The van der Waals surface area contributed by atoms with Crippen LogP contribution in [0.1, 0.15) is 267 Å². The van der Waals surface area contributed by atoms with E-state index in [0.717, 1.165) is 105 Å². The molecule has 9 aromatic carbocycles. The normalized spacial score (nSPS) is 12.1. The lowest BCUT2D eigenvalue weighted by Crippen LogP contribution is -2.53. The minimum absolute atomic E-state index is 0.0894. The van der Waals surface area contributed by atoms with E-state index < -0.39 is 76.9 Å².